The molecule has 0 fully saturated rings. The number of nitro benzene ring substituents is 1. The lowest BCUT2D eigenvalue weighted by Gasteiger charge is -1.93. The van der Waals surface area contributed by atoms with Gasteiger partial charge in [0.05, 0.1) is 11.5 Å². The Balaban J connectivity index is 1.92. The molecule has 2 aromatic rings. The summed E-state index contributed by atoms with van der Waals surface area (Å²) in [5.41, 5.74) is 0.644. The van der Waals surface area contributed by atoms with E-state index < -0.39 is 10.9 Å². The molecule has 0 bridgehead atoms. The van der Waals surface area contributed by atoms with E-state index >= 15 is 0 Å². The van der Waals surface area contributed by atoms with Crippen molar-refractivity contribution >= 4 is 34.2 Å². The molecule has 2 rings (SSSR count). The average Bonchev–Trinajstić information content (AvgIpc) is 2.96. The van der Waals surface area contributed by atoms with Gasteiger partial charge in [-0.3, -0.25) is 10.1 Å². The zero-order valence-electron chi connectivity index (χ0n) is 11.1. The first-order valence-corrected chi connectivity index (χ1v) is 6.91. The Labute approximate surface area is 128 Å². The van der Waals surface area contributed by atoms with Crippen LogP contribution in [0.4, 0.5) is 10.8 Å². The van der Waals surface area contributed by atoms with E-state index in [1.165, 1.54) is 17.5 Å². The first kappa shape index (κ1) is 15.4. The van der Waals surface area contributed by atoms with E-state index in [4.69, 9.17) is 5.11 Å². The molecule has 0 aliphatic rings. The maximum Gasteiger partial charge on any atom is 0.355 e. The van der Waals surface area contributed by atoms with Crippen LogP contribution in [-0.4, -0.2) is 27.5 Å². The molecular weight excluding hydrogens is 308 g/mol. The van der Waals surface area contributed by atoms with Crippen molar-refractivity contribution in [2.24, 2.45) is 10.2 Å². The topological polar surface area (TPSA) is 118 Å². The highest BCUT2D eigenvalue weighted by molar-refractivity contribution is 7.13. The van der Waals surface area contributed by atoms with Crippen LogP contribution in [0, 0.1) is 10.1 Å². The molecule has 0 aliphatic heterocycles. The van der Waals surface area contributed by atoms with Crippen molar-refractivity contribution in [3.63, 3.8) is 0 Å². The molecule has 22 heavy (non-hydrogen) atoms. The van der Waals surface area contributed by atoms with Crippen LogP contribution in [0.25, 0.3) is 6.08 Å². The van der Waals surface area contributed by atoms with Crippen LogP contribution in [-0.2, 0) is 0 Å². The van der Waals surface area contributed by atoms with Crippen molar-refractivity contribution in [2.45, 2.75) is 0 Å². The normalized spacial score (nSPS) is 11.3. The van der Waals surface area contributed by atoms with Crippen molar-refractivity contribution in [3.05, 3.63) is 57.1 Å². The Morgan fingerprint density at radius 1 is 1.50 bits per heavy atom. The van der Waals surface area contributed by atoms with E-state index in [-0.39, 0.29) is 23.1 Å². The van der Waals surface area contributed by atoms with Gasteiger partial charge in [0.25, 0.3) is 5.69 Å². The van der Waals surface area contributed by atoms with Gasteiger partial charge in [-0.2, -0.15) is 5.11 Å². The minimum atomic E-state index is -1.11. The number of thiazole rings is 1. The van der Waals surface area contributed by atoms with Gasteiger partial charge < -0.3 is 5.11 Å². The fourth-order valence-electron chi connectivity index (χ4n) is 1.49. The minimum Gasteiger partial charge on any atom is -0.476 e. The number of nitro groups is 1. The van der Waals surface area contributed by atoms with E-state index in [1.807, 2.05) is 0 Å². The zero-order valence-corrected chi connectivity index (χ0v) is 11.9. The molecule has 1 aromatic carbocycles. The summed E-state index contributed by atoms with van der Waals surface area (Å²) >= 11 is 1.09. The van der Waals surface area contributed by atoms with Crippen LogP contribution in [0.1, 0.15) is 16.1 Å². The summed E-state index contributed by atoms with van der Waals surface area (Å²) in [5.74, 6) is -1.11. The number of hydrogen-bond acceptors (Lipinski definition) is 7. The van der Waals surface area contributed by atoms with Gasteiger partial charge in [0.1, 0.15) is 0 Å². The molecule has 1 aromatic heterocycles. The van der Waals surface area contributed by atoms with Crippen LogP contribution < -0.4 is 0 Å². The van der Waals surface area contributed by atoms with Crippen LogP contribution in [0.2, 0.25) is 0 Å². The third-order valence-electron chi connectivity index (χ3n) is 2.45. The number of azo groups is 1. The Morgan fingerprint density at radius 3 is 3.00 bits per heavy atom. The first-order chi connectivity index (χ1) is 10.6. The molecule has 0 saturated carbocycles. The molecule has 0 aliphatic carbocycles. The van der Waals surface area contributed by atoms with Gasteiger partial charge in [-0.1, -0.05) is 24.3 Å². The summed E-state index contributed by atoms with van der Waals surface area (Å²) < 4.78 is 0. The number of aromatic carboxylic acids is 1. The Hall–Kier alpha value is -2.94. The molecule has 9 heteroatoms. The van der Waals surface area contributed by atoms with E-state index in [0.29, 0.717) is 5.56 Å². The molecule has 0 amide bonds. The highest BCUT2D eigenvalue weighted by atomic mass is 32.1. The summed E-state index contributed by atoms with van der Waals surface area (Å²) in [6.07, 6.45) is 3.38. The summed E-state index contributed by atoms with van der Waals surface area (Å²) in [6, 6.07) is 6.20. The summed E-state index contributed by atoms with van der Waals surface area (Å²) in [5, 5.41) is 28.6. The van der Waals surface area contributed by atoms with Gasteiger partial charge in [-0.05, 0) is 5.56 Å². The number of aromatic nitrogens is 1. The van der Waals surface area contributed by atoms with Gasteiger partial charge in [0, 0.05) is 17.5 Å². The average molecular weight is 318 g/mol. The van der Waals surface area contributed by atoms with Crippen molar-refractivity contribution < 1.29 is 14.8 Å². The number of carboxylic acid groups (broad SMARTS) is 1. The number of rotatable bonds is 6. The van der Waals surface area contributed by atoms with E-state index in [1.54, 1.807) is 24.3 Å². The molecule has 8 nitrogen and oxygen atoms in total. The maximum atomic E-state index is 10.6. The summed E-state index contributed by atoms with van der Waals surface area (Å²) in [6.45, 7) is 0.255. The summed E-state index contributed by atoms with van der Waals surface area (Å²) in [7, 11) is 0. The fraction of sp³-hybridized carbons (Fsp3) is 0.0769. The number of benzene rings is 1. The molecule has 0 radical (unpaired) electrons. The number of nitrogens with zero attached hydrogens (tertiary/aromatic N) is 4. The minimum absolute atomic E-state index is 0.0211. The number of hydrogen-bond donors (Lipinski definition) is 1. The molecule has 112 valence electrons. The largest absolute Gasteiger partial charge is 0.476 e. The molecule has 0 saturated heterocycles. The SMILES string of the molecule is O=C(O)c1csc(N=NCC=Cc2cccc([N+](=O)[O-])c2)n1. The van der Waals surface area contributed by atoms with Crippen molar-refractivity contribution in [2.75, 3.05) is 6.54 Å². The van der Waals surface area contributed by atoms with E-state index in [0.717, 1.165) is 11.3 Å². The highest BCUT2D eigenvalue weighted by Crippen LogP contribution is 2.19. The van der Waals surface area contributed by atoms with Crippen molar-refractivity contribution in [1.82, 2.24) is 4.98 Å². The quantitative estimate of drug-likeness (QED) is 0.496. The lowest BCUT2D eigenvalue weighted by molar-refractivity contribution is -0.384. The van der Waals surface area contributed by atoms with Crippen molar-refractivity contribution in [3.8, 4) is 0 Å². The molecule has 0 spiro atoms. The van der Waals surface area contributed by atoms with Gasteiger partial charge in [0.15, 0.2) is 5.69 Å². The Kier molecular flexibility index (Phi) is 5.04. The Bertz CT molecular complexity index is 754. The predicted octanol–water partition coefficient (Wildman–Crippen LogP) is 3.55. The Morgan fingerprint density at radius 2 is 2.32 bits per heavy atom. The monoisotopic (exact) mass is 318 g/mol. The number of carbonyl (C=O) groups is 1. The van der Waals surface area contributed by atoms with Gasteiger partial charge in [0.2, 0.25) is 5.13 Å². The molecule has 1 N–H and O–H groups in total. The molecular formula is C13H10N4O4S. The highest BCUT2D eigenvalue weighted by Gasteiger charge is 2.07. The van der Waals surface area contributed by atoms with E-state index in [2.05, 4.69) is 15.2 Å². The molecule has 1 heterocycles. The second-order valence-electron chi connectivity index (χ2n) is 4.00. The summed E-state index contributed by atoms with van der Waals surface area (Å²) in [4.78, 5) is 24.6. The van der Waals surface area contributed by atoms with Crippen LogP contribution >= 0.6 is 11.3 Å². The lowest BCUT2D eigenvalue weighted by atomic mass is 10.2. The third-order valence-corrected chi connectivity index (χ3v) is 3.17. The third kappa shape index (κ3) is 4.28. The second-order valence-corrected chi connectivity index (χ2v) is 4.84. The number of non-ortho nitro benzene ring substituents is 1. The molecule has 0 unspecified atom stereocenters. The van der Waals surface area contributed by atoms with Crippen molar-refractivity contribution in [1.29, 1.82) is 0 Å². The van der Waals surface area contributed by atoms with Crippen LogP contribution in [0.15, 0.2) is 46.0 Å². The second kappa shape index (κ2) is 7.18. The maximum absolute atomic E-state index is 10.6. The van der Waals surface area contributed by atoms with Gasteiger partial charge in [-0.25, -0.2) is 9.78 Å². The van der Waals surface area contributed by atoms with E-state index in [9.17, 15) is 14.9 Å². The fourth-order valence-corrected chi connectivity index (χ4v) is 2.11. The van der Waals surface area contributed by atoms with Gasteiger partial charge >= 0.3 is 5.97 Å². The molecule has 0 atom stereocenters. The zero-order chi connectivity index (χ0) is 15.9. The smallest absolute Gasteiger partial charge is 0.355 e. The van der Waals surface area contributed by atoms with Crippen LogP contribution in [0.5, 0.6) is 0 Å². The predicted molar refractivity (Wildman–Crippen MR) is 80.6 cm³/mol. The van der Waals surface area contributed by atoms with Gasteiger partial charge in [-0.15, -0.1) is 16.5 Å². The lowest BCUT2D eigenvalue weighted by Crippen LogP contribution is -1.94. The number of carboxylic acids is 1. The van der Waals surface area contributed by atoms with Crippen LogP contribution in [0.3, 0.4) is 0 Å². The first-order valence-electron chi connectivity index (χ1n) is 6.03. The standard InChI is InChI=1S/C13H10N4O4S/c18-12(19)11-8-22-13(15-11)16-14-6-2-4-9-3-1-5-10(7-9)17(20)21/h1-5,7-8H,6H2,(H,18,19).